The van der Waals surface area contributed by atoms with Crippen LogP contribution in [0.4, 0.5) is 27.6 Å². The molecule has 7 saturated carbocycles. The first-order valence-corrected chi connectivity index (χ1v) is 48.1. The first-order valence-electron chi connectivity index (χ1n) is 48.1. The summed E-state index contributed by atoms with van der Waals surface area (Å²) in [6.45, 7) is 45.6. The van der Waals surface area contributed by atoms with Gasteiger partial charge in [0, 0.05) is 19.6 Å². The summed E-state index contributed by atoms with van der Waals surface area (Å²) in [6, 6.07) is -6.82. The van der Waals surface area contributed by atoms with Crippen LogP contribution >= 0.6 is 0 Å². The zero-order chi connectivity index (χ0) is 103. The van der Waals surface area contributed by atoms with Crippen LogP contribution in [-0.4, -0.2) is 231 Å². The Bertz CT molecular complexity index is 4760. The molecule has 1 aromatic rings. The van der Waals surface area contributed by atoms with Gasteiger partial charge in [-0.05, 0) is 175 Å². The fourth-order valence-electron chi connectivity index (χ4n) is 19.8. The number of hydrogen-bond donors (Lipinski definition) is 12. The quantitative estimate of drug-likeness (QED) is 0.0178. The zero-order valence-corrected chi connectivity index (χ0v) is 84.2. The van der Waals surface area contributed by atoms with Crippen molar-refractivity contribution in [2.75, 3.05) is 19.6 Å². The second kappa shape index (κ2) is 41.5. The summed E-state index contributed by atoms with van der Waals surface area (Å²) in [5, 5.41) is 23.6. The van der Waals surface area contributed by atoms with Crippen molar-refractivity contribution in [2.24, 2.45) is 120 Å². The lowest BCUT2D eigenvalue weighted by atomic mass is 9.85. The average Bonchev–Trinajstić information content (AvgIpc) is 1.53. The minimum absolute atomic E-state index is 0.0482. The number of Topliss-reactive ketones (excluding diaryl/α,β-unsaturated/α-hetero) is 3. The number of piperidine rings is 3. The molecule has 20 atom stereocenters. The van der Waals surface area contributed by atoms with Crippen LogP contribution in [0.1, 0.15) is 262 Å². The van der Waals surface area contributed by atoms with Crippen LogP contribution in [0, 0.1) is 103 Å². The molecule has 0 spiro atoms. The average molecular weight is 1930 g/mol. The van der Waals surface area contributed by atoms with Crippen molar-refractivity contribution in [3.8, 4) is 0 Å². The maximum Gasteiger partial charge on any atom is 0.391 e. The minimum atomic E-state index is -4.81. The SMILES string of the molecule is CC(C)(C)OC(=O)C(CC(F)(F)F)NC(=O)N[C@H](C(=O)N1C[C@H]2[C@@H]([C@H]1C(=O)NC(CC1CC1)C(=O)C(N)=O)C2(C)C)C(C)(C)C.CC(OC(=O)[C@@H](NC(=O)N[C@H](C(=O)N1C[C@H]2[C@@H]([C@H]1C(=O)NC(CC1CC1)C(=O)C(N)=O)C2(C)C)C(C)(C)C)C(C)C)C1CC1.C[C@H](OC(=O)[C@@H](NC(=O)N[C@H](C(=O)N1C[C@H]2[C@@H]([C@H]1C(=O)NC(CC1CC1)C(=O)C(N)=O)C2(C)C)C(C)(C)C)C(C)(C)C)c1ccccc1. The number of primary amides is 3. The predicted molar refractivity (Wildman–Crippen MR) is 495 cm³/mol. The van der Waals surface area contributed by atoms with Gasteiger partial charge in [0.05, 0.1) is 24.5 Å². The molecule has 3 saturated heterocycles. The van der Waals surface area contributed by atoms with Crippen LogP contribution in [0.25, 0.3) is 0 Å². The van der Waals surface area contributed by atoms with E-state index in [0.717, 1.165) is 56.9 Å². The Hall–Kier alpha value is -10.5. The summed E-state index contributed by atoms with van der Waals surface area (Å²) in [6.07, 6.45) is 0.991. The molecule has 39 heteroatoms. The molecule has 764 valence electrons. The summed E-state index contributed by atoms with van der Waals surface area (Å²) in [5.74, 6) is -11.4. The van der Waals surface area contributed by atoms with Gasteiger partial charge in [0.1, 0.15) is 72.2 Å². The van der Waals surface area contributed by atoms with Gasteiger partial charge in [-0.3, -0.25) is 57.5 Å². The summed E-state index contributed by atoms with van der Waals surface area (Å²) in [7, 11) is 0. The number of esters is 3. The van der Waals surface area contributed by atoms with Crippen molar-refractivity contribution in [2.45, 2.75) is 347 Å². The molecule has 15 amide bonds. The number of carbonyl (C=O) groups is 18. The molecular weight excluding hydrogens is 1780 g/mol. The molecule has 0 radical (unpaired) electrons. The predicted octanol–water partition coefficient (Wildman–Crippen LogP) is 7.32. The number of ether oxygens (including phenoxy) is 3. The topological polar surface area (TPSA) is 531 Å². The molecule has 137 heavy (non-hydrogen) atoms. The molecule has 11 rings (SSSR count). The fraction of sp³-hybridized carbons (Fsp3) is 0.755. The third-order valence-electron chi connectivity index (χ3n) is 29.0. The van der Waals surface area contributed by atoms with E-state index in [4.69, 9.17) is 31.4 Å². The smallest absolute Gasteiger partial charge is 0.391 e. The molecular formula is C98H150F3N15O21. The zero-order valence-electron chi connectivity index (χ0n) is 84.2. The van der Waals surface area contributed by atoms with E-state index in [9.17, 15) is 99.5 Å². The molecule has 36 nitrogen and oxygen atoms in total. The highest BCUT2D eigenvalue weighted by Gasteiger charge is 2.73. The molecule has 10 aliphatic rings. The van der Waals surface area contributed by atoms with Crippen LogP contribution in [0.3, 0.4) is 0 Å². The number of alkyl halides is 3. The number of benzene rings is 1. The largest absolute Gasteiger partial charge is 0.461 e. The molecule has 7 aliphatic carbocycles. The molecule has 3 heterocycles. The number of fused-ring (bicyclic) bond motifs is 3. The van der Waals surface area contributed by atoms with Gasteiger partial charge in [-0.25, -0.2) is 28.8 Å². The number of halogens is 3. The Morgan fingerprint density at radius 2 is 0.701 bits per heavy atom. The highest BCUT2D eigenvalue weighted by molar-refractivity contribution is 6.39. The van der Waals surface area contributed by atoms with Crippen molar-refractivity contribution in [3.05, 3.63) is 35.9 Å². The van der Waals surface area contributed by atoms with E-state index < -0.39 is 225 Å². The first-order chi connectivity index (χ1) is 62.8. The molecule has 3 aliphatic heterocycles. The summed E-state index contributed by atoms with van der Waals surface area (Å²) in [4.78, 5) is 240. The molecule has 10 fully saturated rings. The van der Waals surface area contributed by atoms with Gasteiger partial charge >= 0.3 is 42.2 Å². The van der Waals surface area contributed by atoms with Gasteiger partial charge in [0.15, 0.2) is 0 Å². The normalized spacial score (nSPS) is 24.9. The van der Waals surface area contributed by atoms with Gasteiger partial charge in [-0.2, -0.15) is 13.2 Å². The Morgan fingerprint density at radius 1 is 0.394 bits per heavy atom. The lowest BCUT2D eigenvalue weighted by Gasteiger charge is -2.38. The fourth-order valence-corrected chi connectivity index (χ4v) is 19.8. The van der Waals surface area contributed by atoms with Crippen LogP contribution in [0.15, 0.2) is 30.3 Å². The van der Waals surface area contributed by atoms with E-state index in [-0.39, 0.29) is 94.5 Å². The Labute approximate surface area is 801 Å². The number of nitrogens with two attached hydrogens (primary N) is 3. The van der Waals surface area contributed by atoms with E-state index in [1.165, 1.54) is 35.5 Å². The third-order valence-corrected chi connectivity index (χ3v) is 29.0. The van der Waals surface area contributed by atoms with E-state index in [2.05, 4.69) is 42.5 Å². The third kappa shape index (κ3) is 28.0. The molecule has 5 unspecified atom stereocenters. The van der Waals surface area contributed by atoms with E-state index in [1.54, 1.807) is 83.1 Å². The van der Waals surface area contributed by atoms with Crippen molar-refractivity contribution in [3.63, 3.8) is 0 Å². The summed E-state index contributed by atoms with van der Waals surface area (Å²) in [5.41, 5.74) is 11.5. The second-order valence-corrected chi connectivity index (χ2v) is 47.2. The first kappa shape index (κ1) is 110. The van der Waals surface area contributed by atoms with Gasteiger partial charge < -0.3 is 94.0 Å². The number of nitrogens with zero attached hydrogens (tertiary/aromatic N) is 3. The van der Waals surface area contributed by atoms with Crippen LogP contribution < -0.4 is 65.1 Å². The van der Waals surface area contributed by atoms with Crippen LogP contribution in [0.5, 0.6) is 0 Å². The highest BCUT2D eigenvalue weighted by atomic mass is 19.4. The minimum Gasteiger partial charge on any atom is -0.461 e. The Kier molecular flexibility index (Phi) is 33.3. The maximum atomic E-state index is 14.3. The molecule has 15 N–H and O–H groups in total. The molecule has 0 aromatic heterocycles. The van der Waals surface area contributed by atoms with Crippen LogP contribution in [0.2, 0.25) is 0 Å². The number of amides is 15. The van der Waals surface area contributed by atoms with Crippen molar-refractivity contribution in [1.82, 2.24) is 62.6 Å². The number of ketones is 3. The lowest BCUT2D eigenvalue weighted by Crippen LogP contribution is -2.62. The monoisotopic (exact) mass is 1930 g/mol. The number of carbonyl (C=O) groups excluding carboxylic acids is 18. The Morgan fingerprint density at radius 3 is 0.978 bits per heavy atom. The molecule has 1 aromatic carbocycles. The van der Waals surface area contributed by atoms with E-state index in [0.29, 0.717) is 31.8 Å². The van der Waals surface area contributed by atoms with E-state index in [1.807, 2.05) is 105 Å². The number of urea groups is 3. The summed E-state index contributed by atoms with van der Waals surface area (Å²) < 4.78 is 56.3. The van der Waals surface area contributed by atoms with Gasteiger partial charge in [0.2, 0.25) is 52.8 Å². The van der Waals surface area contributed by atoms with Crippen molar-refractivity contribution >= 4 is 107 Å². The van der Waals surface area contributed by atoms with Gasteiger partial charge in [0.25, 0.3) is 17.7 Å². The van der Waals surface area contributed by atoms with Gasteiger partial charge in [-0.1, -0.05) is 207 Å². The maximum absolute atomic E-state index is 14.3. The van der Waals surface area contributed by atoms with Gasteiger partial charge in [-0.15, -0.1) is 0 Å². The Balaban J connectivity index is 0.000000230. The summed E-state index contributed by atoms with van der Waals surface area (Å²) >= 11 is 0. The lowest BCUT2D eigenvalue weighted by molar-refractivity contribution is -0.170. The van der Waals surface area contributed by atoms with Crippen molar-refractivity contribution in [1.29, 1.82) is 0 Å². The number of hydrogen-bond acceptors (Lipinski definition) is 21. The number of nitrogens with one attached hydrogen (secondary N) is 9. The highest BCUT2D eigenvalue weighted by Crippen LogP contribution is 2.67. The second-order valence-electron chi connectivity index (χ2n) is 47.2. The van der Waals surface area contributed by atoms with Crippen LogP contribution in [-0.2, 0) is 86.1 Å². The molecule has 0 bridgehead atoms. The standard InChI is InChI=1S/C36H53N5O7.C32H51N5O7.C30H46F3N5O7/c1-19(21-13-11-10-12-14-21)48-32(46)28(35(5,6)7)40-33(47)39-27(34(2,3)4)31(45)41-18-22-24(36(22,8)9)25(41)30(44)38-23(17-20-15-16-20)26(42)29(37)43;1-15(2)22(29(42)44-16(3)18-11-12-18)35-30(43)36-25(31(4,5)6)28(41)37-14-19-21(32(19,7)8)23(37)27(40)34-20(13-17-9-10-17)24(38)26(33)39;1-27(2,3)21(37-26(44)36-17(12-30(31,32)33)25(43)45-28(4,5)6)24(42)38-13-15-18(29(15,7)8)19(38)23(41)35-16(11-14-9-10-14)20(39)22(34)40/h10-14,19-20,22-25,27-28H,15-18H2,1-9H3,(H2,37,43)(H,38,44)(H2,39,40,47);15-23,25H,9-14H2,1-8H3,(H2,33,39)(H,34,40)(H2,35,36,43);14-19,21H,9-13H2,1-8H3,(H2,34,40)(H,35,41)(H2,36,37,44)/t19-,22-,23?,24-,25-,27+,28+;16?,19-,20?,21-,22-,23-,25+;15-,16?,17?,18-,19-,21+/m000/s1. The number of likely N-dealkylation sites (tertiary alicyclic amines) is 3. The van der Waals surface area contributed by atoms with Crippen molar-refractivity contribution < 1.29 is 114 Å². The number of rotatable bonds is 36. The van der Waals surface area contributed by atoms with E-state index >= 15 is 0 Å².